The Hall–Kier alpha value is -3.75. The highest BCUT2D eigenvalue weighted by Gasteiger charge is 2.27. The van der Waals surface area contributed by atoms with Crippen molar-refractivity contribution in [3.63, 3.8) is 0 Å². The molecule has 26 heavy (non-hydrogen) atoms. The van der Waals surface area contributed by atoms with Crippen LogP contribution in [0, 0.1) is 0 Å². The molecule has 0 fully saturated rings. The highest BCUT2D eigenvalue weighted by molar-refractivity contribution is 6.09. The number of pyridine rings is 1. The van der Waals surface area contributed by atoms with E-state index in [9.17, 15) is 9.59 Å². The first-order valence-corrected chi connectivity index (χ1v) is 7.85. The van der Waals surface area contributed by atoms with E-state index in [2.05, 4.69) is 25.7 Å². The van der Waals surface area contributed by atoms with E-state index in [-0.39, 0.29) is 11.8 Å². The molecule has 9 heteroatoms. The van der Waals surface area contributed by atoms with Crippen molar-refractivity contribution in [2.45, 2.75) is 13.0 Å². The van der Waals surface area contributed by atoms with Gasteiger partial charge in [-0.2, -0.15) is 5.10 Å². The highest BCUT2D eigenvalue weighted by Crippen LogP contribution is 2.34. The lowest BCUT2D eigenvalue weighted by atomic mass is 10.1. The number of benzene rings is 1. The molecule has 0 bridgehead atoms. The van der Waals surface area contributed by atoms with Crippen molar-refractivity contribution in [3.05, 3.63) is 54.7 Å². The van der Waals surface area contributed by atoms with Crippen molar-refractivity contribution in [1.29, 1.82) is 0 Å². The molecule has 0 aliphatic carbocycles. The molecule has 0 saturated heterocycles. The lowest BCUT2D eigenvalue weighted by Gasteiger charge is -2.25. The SMILES string of the molecule is CC1Oc2c(cccc2C(=O)Nc2cccnc2-n2cncn2)NC1=O. The average Bonchev–Trinajstić information content (AvgIpc) is 3.17. The largest absolute Gasteiger partial charge is 0.478 e. The highest BCUT2D eigenvalue weighted by atomic mass is 16.5. The van der Waals surface area contributed by atoms with E-state index in [4.69, 9.17) is 4.74 Å². The molecule has 0 spiro atoms. The molecule has 3 heterocycles. The van der Waals surface area contributed by atoms with E-state index in [0.717, 1.165) is 0 Å². The molecule has 1 atom stereocenters. The van der Waals surface area contributed by atoms with Crippen LogP contribution in [0.2, 0.25) is 0 Å². The van der Waals surface area contributed by atoms with Gasteiger partial charge >= 0.3 is 0 Å². The molecule has 9 nitrogen and oxygen atoms in total. The van der Waals surface area contributed by atoms with Gasteiger partial charge in [0.1, 0.15) is 12.7 Å². The van der Waals surface area contributed by atoms with E-state index < -0.39 is 6.10 Å². The molecule has 3 aromatic rings. The van der Waals surface area contributed by atoms with Gasteiger partial charge in [0.25, 0.3) is 11.8 Å². The summed E-state index contributed by atoms with van der Waals surface area (Å²) in [7, 11) is 0. The van der Waals surface area contributed by atoms with E-state index >= 15 is 0 Å². The summed E-state index contributed by atoms with van der Waals surface area (Å²) < 4.78 is 7.07. The van der Waals surface area contributed by atoms with Crippen LogP contribution in [-0.4, -0.2) is 37.7 Å². The topological polar surface area (TPSA) is 111 Å². The van der Waals surface area contributed by atoms with Crippen LogP contribution in [0.4, 0.5) is 11.4 Å². The molecular formula is C17H14N6O3. The van der Waals surface area contributed by atoms with Gasteiger partial charge < -0.3 is 15.4 Å². The average molecular weight is 350 g/mol. The number of ether oxygens (including phenoxy) is 1. The van der Waals surface area contributed by atoms with Crippen LogP contribution < -0.4 is 15.4 Å². The van der Waals surface area contributed by atoms with Crippen molar-refractivity contribution in [3.8, 4) is 11.6 Å². The Balaban J connectivity index is 1.67. The molecule has 0 saturated carbocycles. The Kier molecular flexibility index (Phi) is 3.81. The quantitative estimate of drug-likeness (QED) is 0.743. The third kappa shape index (κ3) is 2.75. The van der Waals surface area contributed by atoms with Crippen LogP contribution in [0.5, 0.6) is 5.75 Å². The fourth-order valence-corrected chi connectivity index (χ4v) is 2.59. The number of nitrogens with zero attached hydrogens (tertiary/aromatic N) is 4. The standard InChI is InChI=1S/C17H14N6O3/c1-10-16(24)21-12-5-2-4-11(14(12)26-10)17(25)22-13-6-3-7-19-15(13)23-9-18-8-20-23/h2-10H,1H3,(H,21,24)(H,22,25). The lowest BCUT2D eigenvalue weighted by Crippen LogP contribution is -2.35. The fraction of sp³-hybridized carbons (Fsp3) is 0.118. The second-order valence-corrected chi connectivity index (χ2v) is 5.60. The zero-order valence-corrected chi connectivity index (χ0v) is 13.7. The molecule has 1 aromatic carbocycles. The van der Waals surface area contributed by atoms with Gasteiger partial charge in [0, 0.05) is 6.20 Å². The number of rotatable bonds is 3. The zero-order valence-electron chi connectivity index (χ0n) is 13.7. The minimum Gasteiger partial charge on any atom is -0.478 e. The third-order valence-corrected chi connectivity index (χ3v) is 3.85. The number of para-hydroxylation sites is 1. The summed E-state index contributed by atoms with van der Waals surface area (Å²) in [5.41, 5.74) is 1.24. The molecule has 2 N–H and O–H groups in total. The number of fused-ring (bicyclic) bond motifs is 1. The summed E-state index contributed by atoms with van der Waals surface area (Å²) in [6.45, 7) is 1.62. The first-order valence-electron chi connectivity index (χ1n) is 7.85. The predicted molar refractivity (Wildman–Crippen MR) is 92.3 cm³/mol. The predicted octanol–water partition coefficient (Wildman–Crippen LogP) is 1.63. The summed E-state index contributed by atoms with van der Waals surface area (Å²) in [6, 6.07) is 8.40. The Morgan fingerprint density at radius 1 is 1.31 bits per heavy atom. The molecule has 1 aliphatic rings. The van der Waals surface area contributed by atoms with Crippen LogP contribution >= 0.6 is 0 Å². The van der Waals surface area contributed by atoms with Crippen LogP contribution in [0.1, 0.15) is 17.3 Å². The first kappa shape index (κ1) is 15.8. The Morgan fingerprint density at radius 2 is 2.19 bits per heavy atom. The molecule has 2 amide bonds. The molecule has 1 unspecified atom stereocenters. The normalized spacial score (nSPS) is 15.6. The van der Waals surface area contributed by atoms with Crippen molar-refractivity contribution < 1.29 is 14.3 Å². The molecule has 130 valence electrons. The number of anilines is 2. The zero-order chi connectivity index (χ0) is 18.1. The smallest absolute Gasteiger partial charge is 0.265 e. The van der Waals surface area contributed by atoms with Gasteiger partial charge in [-0.1, -0.05) is 6.07 Å². The number of nitrogens with one attached hydrogen (secondary N) is 2. The van der Waals surface area contributed by atoms with Gasteiger partial charge in [-0.05, 0) is 31.2 Å². The van der Waals surface area contributed by atoms with Crippen molar-refractivity contribution >= 4 is 23.2 Å². The summed E-state index contributed by atoms with van der Waals surface area (Å²) in [5.74, 6) is 0.129. The summed E-state index contributed by atoms with van der Waals surface area (Å²) >= 11 is 0. The van der Waals surface area contributed by atoms with E-state index in [1.54, 1.807) is 43.5 Å². The maximum atomic E-state index is 12.8. The van der Waals surface area contributed by atoms with Gasteiger partial charge in [0.05, 0.1) is 16.9 Å². The van der Waals surface area contributed by atoms with Crippen LogP contribution in [-0.2, 0) is 4.79 Å². The van der Waals surface area contributed by atoms with Crippen molar-refractivity contribution in [1.82, 2.24) is 19.7 Å². The van der Waals surface area contributed by atoms with Crippen LogP contribution in [0.15, 0.2) is 49.2 Å². The molecule has 4 rings (SSSR count). The fourth-order valence-electron chi connectivity index (χ4n) is 2.59. The van der Waals surface area contributed by atoms with E-state index in [0.29, 0.717) is 28.5 Å². The number of hydrogen-bond acceptors (Lipinski definition) is 6. The number of amides is 2. The minimum atomic E-state index is -0.680. The van der Waals surface area contributed by atoms with Crippen molar-refractivity contribution in [2.75, 3.05) is 10.6 Å². The maximum Gasteiger partial charge on any atom is 0.265 e. The van der Waals surface area contributed by atoms with Crippen LogP contribution in [0.3, 0.4) is 0 Å². The van der Waals surface area contributed by atoms with Crippen molar-refractivity contribution in [2.24, 2.45) is 0 Å². The Bertz CT molecular complexity index is 986. The molecule has 1 aliphatic heterocycles. The lowest BCUT2D eigenvalue weighted by molar-refractivity contribution is -0.122. The third-order valence-electron chi connectivity index (χ3n) is 3.85. The number of aromatic nitrogens is 4. The van der Waals surface area contributed by atoms with Gasteiger partial charge in [0.15, 0.2) is 17.7 Å². The minimum absolute atomic E-state index is 0.254. The van der Waals surface area contributed by atoms with Gasteiger partial charge in [-0.3, -0.25) is 9.59 Å². The Morgan fingerprint density at radius 3 is 3.00 bits per heavy atom. The van der Waals surface area contributed by atoms with E-state index in [1.165, 1.54) is 17.3 Å². The number of hydrogen-bond donors (Lipinski definition) is 2. The van der Waals surface area contributed by atoms with Crippen LogP contribution in [0.25, 0.3) is 5.82 Å². The molecule has 2 aromatic heterocycles. The Labute approximate surface area is 148 Å². The van der Waals surface area contributed by atoms with E-state index in [1.807, 2.05) is 0 Å². The first-order chi connectivity index (χ1) is 12.6. The summed E-state index contributed by atoms with van der Waals surface area (Å²) in [5, 5.41) is 9.57. The summed E-state index contributed by atoms with van der Waals surface area (Å²) in [6.07, 6.45) is 3.78. The number of carbonyl (C=O) groups is 2. The van der Waals surface area contributed by atoms with Gasteiger partial charge in [-0.25, -0.2) is 14.6 Å². The monoisotopic (exact) mass is 350 g/mol. The summed E-state index contributed by atoms with van der Waals surface area (Å²) in [4.78, 5) is 32.7. The van der Waals surface area contributed by atoms with Gasteiger partial charge in [0.2, 0.25) is 0 Å². The molecule has 0 radical (unpaired) electrons. The second-order valence-electron chi connectivity index (χ2n) is 5.60. The maximum absolute atomic E-state index is 12.8. The van der Waals surface area contributed by atoms with Gasteiger partial charge in [-0.15, -0.1) is 0 Å². The number of carbonyl (C=O) groups excluding carboxylic acids is 2. The molecular weight excluding hydrogens is 336 g/mol. The second kappa shape index (κ2) is 6.28.